The van der Waals surface area contributed by atoms with Gasteiger partial charge in [-0.3, -0.25) is 9.48 Å². The summed E-state index contributed by atoms with van der Waals surface area (Å²) in [5, 5.41) is 9.73. The fourth-order valence-corrected chi connectivity index (χ4v) is 2.19. The van der Waals surface area contributed by atoms with E-state index in [1.54, 1.807) is 11.0 Å². The molecule has 1 atom stereocenters. The quantitative estimate of drug-likeness (QED) is 0.849. The van der Waals surface area contributed by atoms with E-state index in [9.17, 15) is 9.59 Å². The van der Waals surface area contributed by atoms with Crippen LogP contribution >= 0.6 is 0 Å². The predicted molar refractivity (Wildman–Crippen MR) is 70.8 cm³/mol. The molecule has 1 aromatic heterocycles. The van der Waals surface area contributed by atoms with Gasteiger partial charge in [0.15, 0.2) is 5.82 Å². The Morgan fingerprint density at radius 1 is 1.53 bits per heavy atom. The van der Waals surface area contributed by atoms with Crippen LogP contribution in [0.1, 0.15) is 26.3 Å². The zero-order valence-corrected chi connectivity index (χ0v) is 11.2. The van der Waals surface area contributed by atoms with Gasteiger partial charge in [0.25, 0.3) is 0 Å². The Morgan fingerprint density at radius 3 is 3.00 bits per heavy atom. The van der Waals surface area contributed by atoms with Gasteiger partial charge in [0.1, 0.15) is 0 Å². The van der Waals surface area contributed by atoms with Crippen molar-refractivity contribution in [1.29, 1.82) is 0 Å². The first-order valence-electron chi connectivity index (χ1n) is 6.45. The summed E-state index contributed by atoms with van der Waals surface area (Å²) < 4.78 is 1.81. The van der Waals surface area contributed by atoms with Gasteiger partial charge in [-0.15, -0.1) is 0 Å². The number of aromatic nitrogens is 2. The fraction of sp³-hybridized carbons (Fsp3) is 0.583. The Kier molecular flexibility index (Phi) is 4.03. The van der Waals surface area contributed by atoms with E-state index >= 15 is 0 Å². The number of anilines is 1. The van der Waals surface area contributed by atoms with E-state index in [1.165, 1.54) is 6.92 Å². The number of hydrogen-bond acceptors (Lipinski definition) is 3. The minimum atomic E-state index is -0.138. The van der Waals surface area contributed by atoms with Crippen molar-refractivity contribution in [3.05, 3.63) is 12.3 Å². The van der Waals surface area contributed by atoms with Crippen LogP contribution in [0.3, 0.4) is 0 Å². The number of urea groups is 1. The first kappa shape index (κ1) is 13.4. The first-order chi connectivity index (χ1) is 9.10. The van der Waals surface area contributed by atoms with E-state index in [4.69, 9.17) is 0 Å². The van der Waals surface area contributed by atoms with Crippen molar-refractivity contribution in [2.24, 2.45) is 0 Å². The molecule has 1 aliphatic heterocycles. The fourth-order valence-electron chi connectivity index (χ4n) is 2.19. The molecule has 0 bridgehead atoms. The molecule has 1 fully saturated rings. The molecule has 7 heteroatoms. The molecule has 104 valence electrons. The van der Waals surface area contributed by atoms with Crippen LogP contribution in [-0.4, -0.2) is 46.3 Å². The molecule has 0 saturated carbocycles. The monoisotopic (exact) mass is 265 g/mol. The number of likely N-dealkylation sites (tertiary alicyclic amines) is 1. The standard InChI is InChI=1S/C12H19N5O2/c1-3-13-12(19)16-6-4-10(8-16)17-7-5-11(15-17)14-9(2)18/h5,7,10H,3-4,6,8H2,1-2H3,(H,13,19)(H,14,15,18)/t10-/m0/s1. The number of nitrogens with one attached hydrogen (secondary N) is 2. The Hall–Kier alpha value is -2.05. The highest BCUT2D eigenvalue weighted by Gasteiger charge is 2.27. The maximum absolute atomic E-state index is 11.7. The first-order valence-corrected chi connectivity index (χ1v) is 6.45. The molecule has 0 aromatic carbocycles. The van der Waals surface area contributed by atoms with Crippen molar-refractivity contribution in [2.45, 2.75) is 26.3 Å². The highest BCUT2D eigenvalue weighted by atomic mass is 16.2. The van der Waals surface area contributed by atoms with Crippen LogP contribution in [0.15, 0.2) is 12.3 Å². The van der Waals surface area contributed by atoms with Gasteiger partial charge in [0, 0.05) is 38.8 Å². The smallest absolute Gasteiger partial charge is 0.317 e. The molecule has 0 unspecified atom stereocenters. The lowest BCUT2D eigenvalue weighted by molar-refractivity contribution is -0.114. The summed E-state index contributed by atoms with van der Waals surface area (Å²) in [6, 6.07) is 1.90. The second kappa shape index (κ2) is 5.73. The molecule has 1 aliphatic rings. The molecule has 0 aliphatic carbocycles. The van der Waals surface area contributed by atoms with Gasteiger partial charge >= 0.3 is 6.03 Å². The average Bonchev–Trinajstić information content (AvgIpc) is 2.96. The van der Waals surface area contributed by atoms with Crippen molar-refractivity contribution in [2.75, 3.05) is 25.0 Å². The number of carbonyl (C=O) groups excluding carboxylic acids is 2. The molecular formula is C12H19N5O2. The lowest BCUT2D eigenvalue weighted by Crippen LogP contribution is -2.38. The second-order valence-corrected chi connectivity index (χ2v) is 4.59. The summed E-state index contributed by atoms with van der Waals surface area (Å²) in [5.74, 6) is 0.407. The lowest BCUT2D eigenvalue weighted by atomic mass is 10.3. The minimum Gasteiger partial charge on any atom is -0.338 e. The van der Waals surface area contributed by atoms with Gasteiger partial charge in [-0.2, -0.15) is 5.10 Å². The van der Waals surface area contributed by atoms with Crippen molar-refractivity contribution in [1.82, 2.24) is 20.0 Å². The molecular weight excluding hydrogens is 246 g/mol. The Labute approximate surface area is 111 Å². The molecule has 2 heterocycles. The zero-order chi connectivity index (χ0) is 13.8. The molecule has 3 amide bonds. The highest BCUT2D eigenvalue weighted by Crippen LogP contribution is 2.21. The molecule has 0 spiro atoms. The topological polar surface area (TPSA) is 79.3 Å². The van der Waals surface area contributed by atoms with E-state index in [0.29, 0.717) is 18.9 Å². The van der Waals surface area contributed by atoms with Crippen LogP contribution in [0.25, 0.3) is 0 Å². The maximum atomic E-state index is 11.7. The van der Waals surface area contributed by atoms with Crippen LogP contribution < -0.4 is 10.6 Å². The molecule has 2 N–H and O–H groups in total. The van der Waals surface area contributed by atoms with Gasteiger partial charge in [0.2, 0.25) is 5.91 Å². The summed E-state index contributed by atoms with van der Waals surface area (Å²) in [6.45, 7) is 5.36. The van der Waals surface area contributed by atoms with Crippen LogP contribution in [0.4, 0.5) is 10.6 Å². The van der Waals surface area contributed by atoms with Crippen molar-refractivity contribution in [3.8, 4) is 0 Å². The van der Waals surface area contributed by atoms with Crippen LogP contribution in [-0.2, 0) is 4.79 Å². The molecule has 1 saturated heterocycles. The maximum Gasteiger partial charge on any atom is 0.317 e. The third-order valence-corrected chi connectivity index (χ3v) is 3.07. The van der Waals surface area contributed by atoms with Crippen molar-refractivity contribution in [3.63, 3.8) is 0 Å². The number of amides is 3. The predicted octanol–water partition coefficient (Wildman–Crippen LogP) is 0.818. The molecule has 0 radical (unpaired) electrons. The third-order valence-electron chi connectivity index (χ3n) is 3.07. The van der Waals surface area contributed by atoms with Crippen molar-refractivity contribution >= 4 is 17.8 Å². The molecule has 19 heavy (non-hydrogen) atoms. The number of carbonyl (C=O) groups is 2. The zero-order valence-electron chi connectivity index (χ0n) is 11.2. The summed E-state index contributed by atoms with van der Waals surface area (Å²) in [4.78, 5) is 24.4. The highest BCUT2D eigenvalue weighted by molar-refractivity contribution is 5.87. The van der Waals surface area contributed by atoms with Gasteiger partial charge in [-0.05, 0) is 13.3 Å². The summed E-state index contributed by atoms with van der Waals surface area (Å²) >= 11 is 0. The number of hydrogen-bond donors (Lipinski definition) is 2. The van der Waals surface area contributed by atoms with Gasteiger partial charge in [0.05, 0.1) is 6.04 Å². The van der Waals surface area contributed by atoms with Crippen LogP contribution in [0, 0.1) is 0 Å². The minimum absolute atomic E-state index is 0.0285. The van der Waals surface area contributed by atoms with E-state index < -0.39 is 0 Å². The Bertz CT molecular complexity index is 470. The van der Waals surface area contributed by atoms with E-state index in [0.717, 1.165) is 13.0 Å². The normalized spacial score (nSPS) is 18.4. The SMILES string of the molecule is CCNC(=O)N1CC[C@H](n2ccc(NC(C)=O)n2)C1. The number of rotatable bonds is 3. The summed E-state index contributed by atoms with van der Waals surface area (Å²) in [7, 11) is 0. The Balaban J connectivity index is 1.95. The number of nitrogens with zero attached hydrogens (tertiary/aromatic N) is 3. The van der Waals surface area contributed by atoms with Crippen molar-refractivity contribution < 1.29 is 9.59 Å². The van der Waals surface area contributed by atoms with Gasteiger partial charge < -0.3 is 15.5 Å². The van der Waals surface area contributed by atoms with Crippen LogP contribution in [0.2, 0.25) is 0 Å². The molecule has 2 rings (SSSR count). The van der Waals surface area contributed by atoms with Crippen LogP contribution in [0.5, 0.6) is 0 Å². The largest absolute Gasteiger partial charge is 0.338 e. The lowest BCUT2D eigenvalue weighted by Gasteiger charge is -2.16. The molecule has 1 aromatic rings. The molecule has 7 nitrogen and oxygen atoms in total. The van der Waals surface area contributed by atoms with E-state index in [-0.39, 0.29) is 18.0 Å². The van der Waals surface area contributed by atoms with E-state index in [1.807, 2.05) is 17.8 Å². The van der Waals surface area contributed by atoms with E-state index in [2.05, 4.69) is 15.7 Å². The van der Waals surface area contributed by atoms with Gasteiger partial charge in [-0.1, -0.05) is 0 Å². The summed E-state index contributed by atoms with van der Waals surface area (Å²) in [6.07, 6.45) is 2.70. The second-order valence-electron chi connectivity index (χ2n) is 4.59. The Morgan fingerprint density at radius 2 is 2.32 bits per heavy atom. The summed E-state index contributed by atoms with van der Waals surface area (Å²) in [5.41, 5.74) is 0. The van der Waals surface area contributed by atoms with Gasteiger partial charge in [-0.25, -0.2) is 4.79 Å². The third kappa shape index (κ3) is 3.24. The average molecular weight is 265 g/mol.